The van der Waals surface area contributed by atoms with E-state index >= 15 is 0 Å². The van der Waals surface area contributed by atoms with E-state index in [2.05, 4.69) is 15.3 Å². The highest BCUT2D eigenvalue weighted by atomic mass is 19.4. The van der Waals surface area contributed by atoms with Crippen LogP contribution in [-0.4, -0.2) is 35.8 Å². The molecule has 1 aliphatic rings. The second kappa shape index (κ2) is 4.71. The number of fused-ring (bicyclic) bond motifs is 3. The lowest BCUT2D eigenvalue weighted by Crippen LogP contribution is -2.42. The first-order chi connectivity index (χ1) is 10.8. The van der Waals surface area contributed by atoms with E-state index in [-0.39, 0.29) is 18.1 Å². The van der Waals surface area contributed by atoms with Crippen LogP contribution in [0.5, 0.6) is 0 Å². The molecular weight excluding hydrogens is 344 g/mol. The smallest absolute Gasteiger partial charge is 0.374 e. The van der Waals surface area contributed by atoms with Gasteiger partial charge in [0.15, 0.2) is 17.3 Å². The predicted molar refractivity (Wildman–Crippen MR) is 66.6 cm³/mol. The molecule has 0 bridgehead atoms. The largest absolute Gasteiger partial charge is 0.435 e. The number of hydrogen-bond donors (Lipinski definition) is 1. The Labute approximate surface area is 130 Å². The Morgan fingerprint density at radius 1 is 1.17 bits per heavy atom. The van der Waals surface area contributed by atoms with E-state index in [9.17, 15) is 31.4 Å². The molecule has 0 amide bonds. The van der Waals surface area contributed by atoms with Crippen molar-refractivity contribution in [1.29, 1.82) is 0 Å². The van der Waals surface area contributed by atoms with E-state index in [1.165, 1.54) is 6.92 Å². The van der Waals surface area contributed by atoms with Gasteiger partial charge in [-0.15, -0.1) is 10.2 Å². The fourth-order valence-corrected chi connectivity index (χ4v) is 2.55. The van der Waals surface area contributed by atoms with Crippen LogP contribution in [0, 0.1) is 0 Å². The Bertz CT molecular complexity index is 787. The number of halogens is 6. The molecule has 0 aromatic carbocycles. The summed E-state index contributed by atoms with van der Waals surface area (Å²) < 4.78 is 79.5. The average molecular weight is 355 g/mol. The molecule has 2 aromatic rings. The van der Waals surface area contributed by atoms with E-state index in [1.54, 1.807) is 0 Å². The number of aromatic nitrogens is 5. The maximum Gasteiger partial charge on any atom is 0.435 e. The molecule has 0 aliphatic carbocycles. The lowest BCUT2D eigenvalue weighted by Gasteiger charge is -2.30. The van der Waals surface area contributed by atoms with Crippen molar-refractivity contribution >= 4 is 0 Å². The SMILES string of the molecule is C[C@H]1Cn2nc(C(F)(F)F)cc2-c2nnc(C(C)(O)C(F)(F)F)n21. The van der Waals surface area contributed by atoms with E-state index in [4.69, 9.17) is 0 Å². The molecule has 0 fully saturated rings. The first-order valence-corrected chi connectivity index (χ1v) is 6.74. The van der Waals surface area contributed by atoms with Gasteiger partial charge >= 0.3 is 12.4 Å². The molecule has 3 heterocycles. The van der Waals surface area contributed by atoms with Crippen molar-refractivity contribution in [2.45, 2.75) is 44.4 Å². The van der Waals surface area contributed by atoms with Crippen molar-refractivity contribution < 1.29 is 31.4 Å². The number of hydrogen-bond acceptors (Lipinski definition) is 4. The molecule has 0 radical (unpaired) electrons. The lowest BCUT2D eigenvalue weighted by molar-refractivity contribution is -0.263. The highest BCUT2D eigenvalue weighted by molar-refractivity contribution is 5.53. The van der Waals surface area contributed by atoms with Gasteiger partial charge in [-0.25, -0.2) is 0 Å². The van der Waals surface area contributed by atoms with Gasteiger partial charge < -0.3 is 9.67 Å². The van der Waals surface area contributed by atoms with Crippen LogP contribution < -0.4 is 0 Å². The molecule has 24 heavy (non-hydrogen) atoms. The van der Waals surface area contributed by atoms with Crippen molar-refractivity contribution in [3.05, 3.63) is 17.6 Å². The Balaban J connectivity index is 2.18. The third-order valence-corrected chi connectivity index (χ3v) is 3.86. The summed E-state index contributed by atoms with van der Waals surface area (Å²) in [4.78, 5) is 0. The summed E-state index contributed by atoms with van der Waals surface area (Å²) in [5, 5.41) is 20.2. The van der Waals surface area contributed by atoms with Crippen molar-refractivity contribution in [2.24, 2.45) is 0 Å². The Morgan fingerprint density at radius 2 is 1.79 bits per heavy atom. The van der Waals surface area contributed by atoms with Crippen molar-refractivity contribution in [3.63, 3.8) is 0 Å². The van der Waals surface area contributed by atoms with Crippen molar-refractivity contribution in [3.8, 4) is 11.5 Å². The molecule has 1 N–H and O–H groups in total. The van der Waals surface area contributed by atoms with Gasteiger partial charge in [0.2, 0.25) is 5.60 Å². The number of alkyl halides is 6. The van der Waals surface area contributed by atoms with Crippen LogP contribution in [0.1, 0.15) is 31.4 Å². The molecule has 1 aliphatic heterocycles. The van der Waals surface area contributed by atoms with Crippen LogP contribution in [0.3, 0.4) is 0 Å². The zero-order valence-corrected chi connectivity index (χ0v) is 12.3. The zero-order chi connectivity index (χ0) is 18.1. The van der Waals surface area contributed by atoms with E-state index in [0.717, 1.165) is 9.25 Å². The lowest BCUT2D eigenvalue weighted by atomic mass is 10.0. The maximum absolute atomic E-state index is 13.1. The van der Waals surface area contributed by atoms with Gasteiger partial charge in [0.1, 0.15) is 5.69 Å². The molecule has 0 saturated heterocycles. The molecule has 1 unspecified atom stereocenters. The summed E-state index contributed by atoms with van der Waals surface area (Å²) in [6.07, 6.45) is -9.72. The zero-order valence-electron chi connectivity index (χ0n) is 12.3. The van der Waals surface area contributed by atoms with Crippen LogP contribution >= 0.6 is 0 Å². The maximum atomic E-state index is 13.1. The van der Waals surface area contributed by atoms with Gasteiger partial charge in [-0.1, -0.05) is 0 Å². The molecule has 132 valence electrons. The molecule has 6 nitrogen and oxygen atoms in total. The Hall–Kier alpha value is -2.11. The normalized spacial score (nSPS) is 20.5. The summed E-state index contributed by atoms with van der Waals surface area (Å²) >= 11 is 0. The van der Waals surface area contributed by atoms with Gasteiger partial charge in [-0.2, -0.15) is 31.4 Å². The van der Waals surface area contributed by atoms with Crippen molar-refractivity contribution in [1.82, 2.24) is 24.5 Å². The number of rotatable bonds is 1. The van der Waals surface area contributed by atoms with Gasteiger partial charge in [-0.05, 0) is 19.9 Å². The highest BCUT2D eigenvalue weighted by Crippen LogP contribution is 2.42. The highest BCUT2D eigenvalue weighted by Gasteiger charge is 2.55. The van der Waals surface area contributed by atoms with Crippen LogP contribution in [0.2, 0.25) is 0 Å². The quantitative estimate of drug-likeness (QED) is 0.798. The van der Waals surface area contributed by atoms with Gasteiger partial charge in [0.05, 0.1) is 12.6 Å². The molecule has 2 aromatic heterocycles. The van der Waals surface area contributed by atoms with Crippen LogP contribution in [0.15, 0.2) is 6.07 Å². The third-order valence-electron chi connectivity index (χ3n) is 3.86. The second-order valence-electron chi connectivity index (χ2n) is 5.73. The standard InChI is InChI=1S/C12H11F6N5O/c1-5-4-22-6(3-7(21-22)11(13,14)15)8-19-20-9(23(5)8)10(2,24)12(16,17)18/h3,5,24H,4H2,1-2H3/t5-,10?/m0/s1. The summed E-state index contributed by atoms with van der Waals surface area (Å²) in [7, 11) is 0. The summed E-state index contributed by atoms with van der Waals surface area (Å²) in [5.74, 6) is -0.991. The average Bonchev–Trinajstić information content (AvgIpc) is 2.99. The molecule has 3 rings (SSSR count). The molecule has 0 saturated carbocycles. The predicted octanol–water partition coefficient (Wildman–Crippen LogP) is 2.50. The summed E-state index contributed by atoms with van der Waals surface area (Å²) in [6.45, 7) is 1.88. The van der Waals surface area contributed by atoms with E-state index in [1.807, 2.05) is 0 Å². The topological polar surface area (TPSA) is 68.8 Å². The van der Waals surface area contributed by atoms with E-state index < -0.39 is 35.5 Å². The summed E-state index contributed by atoms with van der Waals surface area (Å²) in [5.41, 5.74) is -4.58. The van der Waals surface area contributed by atoms with E-state index in [0.29, 0.717) is 13.0 Å². The summed E-state index contributed by atoms with van der Waals surface area (Å²) in [6, 6.07) is -0.0364. The van der Waals surface area contributed by atoms with Crippen LogP contribution in [0.4, 0.5) is 26.3 Å². The van der Waals surface area contributed by atoms with Crippen molar-refractivity contribution in [2.75, 3.05) is 0 Å². The monoisotopic (exact) mass is 355 g/mol. The minimum Gasteiger partial charge on any atom is -0.374 e. The second-order valence-corrected chi connectivity index (χ2v) is 5.73. The molecule has 12 heteroatoms. The van der Waals surface area contributed by atoms with Gasteiger partial charge in [0.25, 0.3) is 0 Å². The Kier molecular flexibility index (Phi) is 3.28. The Morgan fingerprint density at radius 3 is 2.33 bits per heavy atom. The minimum absolute atomic E-state index is 0.114. The molecule has 0 spiro atoms. The number of nitrogens with zero attached hydrogens (tertiary/aromatic N) is 5. The minimum atomic E-state index is -5.02. The first kappa shape index (κ1) is 16.7. The number of aliphatic hydroxyl groups is 1. The van der Waals surface area contributed by atoms with Gasteiger partial charge in [-0.3, -0.25) is 4.68 Å². The van der Waals surface area contributed by atoms with Crippen LogP contribution in [-0.2, 0) is 18.3 Å². The fourth-order valence-electron chi connectivity index (χ4n) is 2.55. The fraction of sp³-hybridized carbons (Fsp3) is 0.583. The third kappa shape index (κ3) is 2.27. The van der Waals surface area contributed by atoms with Crippen LogP contribution in [0.25, 0.3) is 11.5 Å². The first-order valence-electron chi connectivity index (χ1n) is 6.74. The van der Waals surface area contributed by atoms with Gasteiger partial charge in [0, 0.05) is 0 Å². The molecule has 2 atom stereocenters. The molecular formula is C12H11F6N5O.